The van der Waals surface area contributed by atoms with E-state index in [4.69, 9.17) is 4.74 Å². The molecule has 0 aromatic carbocycles. The Kier molecular flexibility index (Phi) is 8.89. The first-order chi connectivity index (χ1) is 7.83. The van der Waals surface area contributed by atoms with Gasteiger partial charge in [0.15, 0.2) is 0 Å². The number of ether oxygens (including phenoxy) is 1. The average molecular weight is 262 g/mol. The van der Waals surface area contributed by atoms with Gasteiger partial charge in [0.2, 0.25) is 0 Å². The van der Waals surface area contributed by atoms with Crippen LogP contribution < -0.4 is 0 Å². The van der Waals surface area contributed by atoms with Crippen molar-refractivity contribution in [2.24, 2.45) is 5.92 Å². The van der Waals surface area contributed by atoms with Gasteiger partial charge in [-0.1, -0.05) is 61.1 Å². The summed E-state index contributed by atoms with van der Waals surface area (Å²) in [6.45, 7) is 6.51. The minimum absolute atomic E-state index is 0.740. The lowest BCUT2D eigenvalue weighted by Crippen LogP contribution is -2.25. The van der Waals surface area contributed by atoms with E-state index in [1.165, 1.54) is 44.3 Å². The van der Waals surface area contributed by atoms with Gasteiger partial charge in [-0.2, -0.15) is 0 Å². The molecular formula is C13H26OS2. The highest BCUT2D eigenvalue weighted by Gasteiger charge is 2.19. The molecule has 0 aromatic rings. The molecule has 16 heavy (non-hydrogen) atoms. The highest BCUT2D eigenvalue weighted by Crippen LogP contribution is 2.33. The standard InChI is InChI=1S/C13H26OS2/c1-3-4-5-6-7-8-15-16-13-9-12(2)10-14-11-13/h12-13H,3-11H2,1-2H3. The maximum atomic E-state index is 5.57. The van der Waals surface area contributed by atoms with Crippen LogP contribution in [-0.2, 0) is 4.74 Å². The molecule has 0 aliphatic carbocycles. The van der Waals surface area contributed by atoms with E-state index in [1.54, 1.807) is 0 Å². The zero-order valence-electron chi connectivity index (χ0n) is 10.7. The zero-order valence-corrected chi connectivity index (χ0v) is 12.4. The summed E-state index contributed by atoms with van der Waals surface area (Å²) in [6, 6.07) is 0. The lowest BCUT2D eigenvalue weighted by atomic mass is 10.1. The van der Waals surface area contributed by atoms with E-state index < -0.39 is 0 Å². The Morgan fingerprint density at radius 3 is 2.69 bits per heavy atom. The third-order valence-corrected chi connectivity index (χ3v) is 5.82. The highest BCUT2D eigenvalue weighted by atomic mass is 33.1. The van der Waals surface area contributed by atoms with Crippen molar-refractivity contribution in [1.29, 1.82) is 0 Å². The van der Waals surface area contributed by atoms with Crippen LogP contribution in [0.3, 0.4) is 0 Å². The van der Waals surface area contributed by atoms with Crippen molar-refractivity contribution in [2.45, 2.75) is 57.6 Å². The quantitative estimate of drug-likeness (QED) is 0.461. The Bertz CT molecular complexity index is 164. The van der Waals surface area contributed by atoms with Crippen LogP contribution in [0.5, 0.6) is 0 Å². The molecule has 0 amide bonds. The van der Waals surface area contributed by atoms with Gasteiger partial charge in [-0.05, 0) is 18.8 Å². The molecule has 3 heteroatoms. The largest absolute Gasteiger partial charge is 0.380 e. The van der Waals surface area contributed by atoms with Crippen LogP contribution >= 0.6 is 21.6 Å². The molecule has 0 N–H and O–H groups in total. The monoisotopic (exact) mass is 262 g/mol. The van der Waals surface area contributed by atoms with Crippen LogP contribution in [0.4, 0.5) is 0 Å². The zero-order chi connectivity index (χ0) is 11.6. The summed E-state index contributed by atoms with van der Waals surface area (Å²) in [6.07, 6.45) is 8.32. The fourth-order valence-electron chi connectivity index (χ4n) is 1.96. The van der Waals surface area contributed by atoms with Crippen molar-refractivity contribution < 1.29 is 4.74 Å². The fourth-order valence-corrected chi connectivity index (χ4v) is 4.75. The molecule has 1 heterocycles. The third kappa shape index (κ3) is 7.08. The molecule has 1 saturated heterocycles. The van der Waals surface area contributed by atoms with Gasteiger partial charge in [0.1, 0.15) is 0 Å². The van der Waals surface area contributed by atoms with E-state index in [1.807, 2.05) is 0 Å². The van der Waals surface area contributed by atoms with Gasteiger partial charge in [0, 0.05) is 17.6 Å². The molecular weight excluding hydrogens is 236 g/mol. The maximum absolute atomic E-state index is 5.57. The Morgan fingerprint density at radius 2 is 1.94 bits per heavy atom. The van der Waals surface area contributed by atoms with Gasteiger partial charge in [0.25, 0.3) is 0 Å². The molecule has 2 atom stereocenters. The molecule has 0 bridgehead atoms. The van der Waals surface area contributed by atoms with Crippen molar-refractivity contribution >= 4 is 21.6 Å². The van der Waals surface area contributed by atoms with Gasteiger partial charge in [-0.3, -0.25) is 0 Å². The van der Waals surface area contributed by atoms with E-state index in [0.29, 0.717) is 0 Å². The van der Waals surface area contributed by atoms with Crippen LogP contribution in [0, 0.1) is 5.92 Å². The number of rotatable bonds is 8. The van der Waals surface area contributed by atoms with Crippen molar-refractivity contribution in [1.82, 2.24) is 0 Å². The lowest BCUT2D eigenvalue weighted by Gasteiger charge is -2.25. The molecule has 96 valence electrons. The second-order valence-corrected chi connectivity index (χ2v) is 7.62. The molecule has 1 fully saturated rings. The van der Waals surface area contributed by atoms with Crippen LogP contribution in [-0.4, -0.2) is 24.2 Å². The Morgan fingerprint density at radius 1 is 1.12 bits per heavy atom. The number of hydrogen-bond acceptors (Lipinski definition) is 3. The van der Waals surface area contributed by atoms with Gasteiger partial charge >= 0.3 is 0 Å². The first-order valence-corrected chi connectivity index (χ1v) is 9.07. The normalized spacial score (nSPS) is 25.9. The van der Waals surface area contributed by atoms with Crippen molar-refractivity contribution in [3.63, 3.8) is 0 Å². The molecule has 1 aliphatic heterocycles. The Hall–Kier alpha value is 0.660. The first-order valence-electron chi connectivity index (χ1n) is 6.69. The predicted molar refractivity (Wildman–Crippen MR) is 77.2 cm³/mol. The van der Waals surface area contributed by atoms with E-state index in [-0.39, 0.29) is 0 Å². The second kappa shape index (κ2) is 9.67. The molecule has 1 rings (SSSR count). The van der Waals surface area contributed by atoms with Crippen molar-refractivity contribution in [3.05, 3.63) is 0 Å². The first kappa shape index (κ1) is 14.7. The number of hydrogen-bond donors (Lipinski definition) is 0. The summed E-state index contributed by atoms with van der Waals surface area (Å²) in [7, 11) is 4.11. The van der Waals surface area contributed by atoms with Crippen molar-refractivity contribution in [2.75, 3.05) is 19.0 Å². The molecule has 0 aromatic heterocycles. The smallest absolute Gasteiger partial charge is 0.0593 e. The molecule has 0 radical (unpaired) electrons. The van der Waals surface area contributed by atoms with Crippen LogP contribution in [0.25, 0.3) is 0 Å². The van der Waals surface area contributed by atoms with E-state index in [9.17, 15) is 0 Å². The Balaban J connectivity index is 1.86. The van der Waals surface area contributed by atoms with Crippen LogP contribution in [0.1, 0.15) is 52.4 Å². The fraction of sp³-hybridized carbons (Fsp3) is 1.00. The Labute approximate surface area is 109 Å². The maximum Gasteiger partial charge on any atom is 0.0593 e. The van der Waals surface area contributed by atoms with Crippen LogP contribution in [0.2, 0.25) is 0 Å². The second-order valence-electron chi connectivity index (χ2n) is 4.83. The number of unbranched alkanes of at least 4 members (excludes halogenated alkanes) is 4. The minimum atomic E-state index is 0.740. The van der Waals surface area contributed by atoms with E-state index >= 15 is 0 Å². The molecule has 1 aliphatic rings. The minimum Gasteiger partial charge on any atom is -0.380 e. The van der Waals surface area contributed by atoms with Crippen LogP contribution in [0.15, 0.2) is 0 Å². The SMILES string of the molecule is CCCCCCCSSC1COCC(C)C1. The topological polar surface area (TPSA) is 9.23 Å². The summed E-state index contributed by atoms with van der Waals surface area (Å²) in [4.78, 5) is 0. The predicted octanol–water partition coefficient (Wildman–Crippen LogP) is 4.76. The molecule has 0 spiro atoms. The van der Waals surface area contributed by atoms with Crippen molar-refractivity contribution in [3.8, 4) is 0 Å². The van der Waals surface area contributed by atoms with E-state index in [0.717, 1.165) is 24.4 Å². The molecule has 2 unspecified atom stereocenters. The molecule has 1 nitrogen and oxygen atoms in total. The summed E-state index contributed by atoms with van der Waals surface area (Å²) < 4.78 is 5.57. The molecule has 0 saturated carbocycles. The van der Waals surface area contributed by atoms with Gasteiger partial charge in [-0.25, -0.2) is 0 Å². The van der Waals surface area contributed by atoms with Gasteiger partial charge in [-0.15, -0.1) is 0 Å². The van der Waals surface area contributed by atoms with Gasteiger partial charge < -0.3 is 4.74 Å². The third-order valence-electron chi connectivity index (χ3n) is 2.91. The average Bonchev–Trinajstić information content (AvgIpc) is 2.28. The summed E-state index contributed by atoms with van der Waals surface area (Å²) >= 11 is 0. The summed E-state index contributed by atoms with van der Waals surface area (Å²) in [5, 5.41) is 0.740. The summed E-state index contributed by atoms with van der Waals surface area (Å²) in [5.41, 5.74) is 0. The summed E-state index contributed by atoms with van der Waals surface area (Å²) in [5.74, 6) is 2.08. The van der Waals surface area contributed by atoms with Gasteiger partial charge in [0.05, 0.1) is 6.61 Å². The van der Waals surface area contributed by atoms with E-state index in [2.05, 4.69) is 35.4 Å². The lowest BCUT2D eigenvalue weighted by molar-refractivity contribution is 0.0665. The highest BCUT2D eigenvalue weighted by molar-refractivity contribution is 8.76.